The number of carbonyl (C=O) groups is 2. The summed E-state index contributed by atoms with van der Waals surface area (Å²) in [5.74, 6) is -0.288. The van der Waals surface area contributed by atoms with Gasteiger partial charge in [0.15, 0.2) is 0 Å². The van der Waals surface area contributed by atoms with E-state index in [4.69, 9.17) is 4.74 Å². The lowest BCUT2D eigenvalue weighted by atomic mass is 9.99. The molecule has 5 nitrogen and oxygen atoms in total. The second kappa shape index (κ2) is 12.5. The van der Waals surface area contributed by atoms with Crippen LogP contribution in [0.1, 0.15) is 64.1 Å². The number of urea groups is 1. The lowest BCUT2D eigenvalue weighted by Crippen LogP contribution is -2.43. The van der Waals surface area contributed by atoms with Crippen LogP contribution < -0.4 is 0 Å². The van der Waals surface area contributed by atoms with Crippen molar-refractivity contribution >= 4 is 11.9 Å². The first kappa shape index (κ1) is 26.4. The number of allylic oxidation sites excluding steroid dienone is 3. The third-order valence-electron chi connectivity index (χ3n) is 6.57. The SMILES string of the molecule is CC(C)=CCCC(C)=CC[C@@H](OCc1ccccc1)C(=O)N1C(=O)N(C)[C@H](C)[C@@H]1c1ccccc1. The second-order valence-corrected chi connectivity index (χ2v) is 9.59. The van der Waals surface area contributed by atoms with Gasteiger partial charge >= 0.3 is 6.03 Å². The van der Waals surface area contributed by atoms with Crippen molar-refractivity contribution in [1.29, 1.82) is 0 Å². The largest absolute Gasteiger partial charge is 0.363 e. The quantitative estimate of drug-likeness (QED) is 0.361. The summed E-state index contributed by atoms with van der Waals surface area (Å²) in [5.41, 5.74) is 4.45. The summed E-state index contributed by atoms with van der Waals surface area (Å²) in [5, 5.41) is 0. The molecule has 0 spiro atoms. The summed E-state index contributed by atoms with van der Waals surface area (Å²) in [6.45, 7) is 8.57. The molecule has 0 aromatic heterocycles. The van der Waals surface area contributed by atoms with Crippen LogP contribution in [0.3, 0.4) is 0 Å². The Hall–Kier alpha value is -3.18. The third-order valence-corrected chi connectivity index (χ3v) is 6.57. The van der Waals surface area contributed by atoms with Crippen LogP contribution in [0.2, 0.25) is 0 Å². The average molecular weight is 475 g/mol. The van der Waals surface area contributed by atoms with E-state index in [9.17, 15) is 9.59 Å². The fourth-order valence-electron chi connectivity index (χ4n) is 4.36. The molecular weight excluding hydrogens is 436 g/mol. The number of amides is 3. The Bertz CT molecular complexity index is 1040. The molecule has 1 aliphatic rings. The molecule has 0 bridgehead atoms. The topological polar surface area (TPSA) is 49.9 Å². The fraction of sp³-hybridized carbons (Fsp3) is 0.400. The highest BCUT2D eigenvalue weighted by Crippen LogP contribution is 2.35. The van der Waals surface area contributed by atoms with Crippen molar-refractivity contribution in [3.63, 3.8) is 0 Å². The van der Waals surface area contributed by atoms with Crippen LogP contribution in [0.4, 0.5) is 4.79 Å². The molecule has 3 rings (SSSR count). The molecule has 1 aliphatic heterocycles. The number of carbonyl (C=O) groups excluding carboxylic acids is 2. The van der Waals surface area contributed by atoms with E-state index in [2.05, 4.69) is 32.9 Å². The highest BCUT2D eigenvalue weighted by molar-refractivity contribution is 5.99. The van der Waals surface area contributed by atoms with E-state index in [0.717, 1.165) is 24.0 Å². The maximum atomic E-state index is 13.9. The first-order valence-electron chi connectivity index (χ1n) is 12.4. The first-order chi connectivity index (χ1) is 16.8. The predicted molar refractivity (Wildman–Crippen MR) is 141 cm³/mol. The van der Waals surface area contributed by atoms with Gasteiger partial charge < -0.3 is 9.64 Å². The van der Waals surface area contributed by atoms with E-state index >= 15 is 0 Å². The van der Waals surface area contributed by atoms with E-state index in [0.29, 0.717) is 13.0 Å². The zero-order chi connectivity index (χ0) is 25.4. The Balaban J connectivity index is 1.84. The Kier molecular flexibility index (Phi) is 9.44. The predicted octanol–water partition coefficient (Wildman–Crippen LogP) is 6.68. The molecule has 0 radical (unpaired) electrons. The Morgan fingerprint density at radius 1 is 1.00 bits per heavy atom. The normalized spacial score (nSPS) is 19.1. The van der Waals surface area contributed by atoms with Gasteiger partial charge in [0.25, 0.3) is 5.91 Å². The van der Waals surface area contributed by atoms with Crippen LogP contribution in [0, 0.1) is 0 Å². The van der Waals surface area contributed by atoms with Gasteiger partial charge in [-0.3, -0.25) is 9.69 Å². The van der Waals surface area contributed by atoms with Crippen LogP contribution in [0.25, 0.3) is 0 Å². The molecule has 0 unspecified atom stereocenters. The van der Waals surface area contributed by atoms with Crippen molar-refractivity contribution in [2.45, 2.75) is 71.8 Å². The lowest BCUT2D eigenvalue weighted by molar-refractivity contribution is -0.142. The van der Waals surface area contributed by atoms with Gasteiger partial charge in [0.2, 0.25) is 0 Å². The van der Waals surface area contributed by atoms with Crippen molar-refractivity contribution < 1.29 is 14.3 Å². The number of ether oxygens (including phenoxy) is 1. The van der Waals surface area contributed by atoms with Crippen molar-refractivity contribution in [3.8, 4) is 0 Å². The second-order valence-electron chi connectivity index (χ2n) is 9.59. The van der Waals surface area contributed by atoms with E-state index in [1.54, 1.807) is 11.9 Å². The zero-order valence-corrected chi connectivity index (χ0v) is 21.6. The molecule has 2 aromatic carbocycles. The molecule has 0 saturated carbocycles. The molecule has 0 N–H and O–H groups in total. The summed E-state index contributed by atoms with van der Waals surface area (Å²) < 4.78 is 6.18. The fourth-order valence-corrected chi connectivity index (χ4v) is 4.36. The summed E-state index contributed by atoms with van der Waals surface area (Å²) in [6, 6.07) is 18.8. The van der Waals surface area contributed by atoms with Gasteiger partial charge in [0.1, 0.15) is 6.10 Å². The summed E-state index contributed by atoms with van der Waals surface area (Å²) in [6.07, 6.45) is 5.88. The first-order valence-corrected chi connectivity index (χ1v) is 12.4. The van der Waals surface area contributed by atoms with Gasteiger partial charge in [-0.1, -0.05) is 84.0 Å². The van der Waals surface area contributed by atoms with Crippen LogP contribution in [-0.2, 0) is 16.1 Å². The maximum Gasteiger partial charge on any atom is 0.327 e. The highest BCUT2D eigenvalue weighted by atomic mass is 16.5. The van der Waals surface area contributed by atoms with Crippen molar-refractivity contribution in [1.82, 2.24) is 9.80 Å². The molecule has 5 heteroatoms. The molecule has 1 saturated heterocycles. The number of hydrogen-bond donors (Lipinski definition) is 0. The molecule has 3 amide bonds. The smallest absolute Gasteiger partial charge is 0.327 e. The third kappa shape index (κ3) is 6.92. The highest BCUT2D eigenvalue weighted by Gasteiger charge is 2.47. The number of benzene rings is 2. The molecule has 35 heavy (non-hydrogen) atoms. The summed E-state index contributed by atoms with van der Waals surface area (Å²) >= 11 is 0. The minimum atomic E-state index is -0.748. The molecule has 2 aromatic rings. The van der Waals surface area contributed by atoms with Crippen LogP contribution in [-0.4, -0.2) is 40.9 Å². The van der Waals surface area contributed by atoms with E-state index in [-0.39, 0.29) is 24.0 Å². The number of imide groups is 1. The van der Waals surface area contributed by atoms with Crippen molar-refractivity contribution in [2.75, 3.05) is 7.05 Å². The van der Waals surface area contributed by atoms with E-state index in [1.807, 2.05) is 67.6 Å². The van der Waals surface area contributed by atoms with Gasteiger partial charge in [0, 0.05) is 13.5 Å². The van der Waals surface area contributed by atoms with Crippen LogP contribution in [0.5, 0.6) is 0 Å². The van der Waals surface area contributed by atoms with E-state index in [1.165, 1.54) is 16.0 Å². The minimum absolute atomic E-state index is 0.134. The van der Waals surface area contributed by atoms with Crippen molar-refractivity contribution in [2.24, 2.45) is 0 Å². The standard InChI is InChI=1S/C30H38N2O3/c1-22(2)13-12-14-23(3)19-20-27(35-21-25-15-8-6-9-16-25)29(33)32-28(24(4)31(5)30(32)34)26-17-10-7-11-18-26/h6-11,13,15-19,24,27-28H,12,14,20-21H2,1-5H3/t24-,27-,28-/m1/s1. The minimum Gasteiger partial charge on any atom is -0.363 e. The van der Waals surface area contributed by atoms with Gasteiger partial charge in [-0.15, -0.1) is 0 Å². The number of likely N-dealkylation sites (N-methyl/N-ethyl adjacent to an activating group) is 1. The monoisotopic (exact) mass is 474 g/mol. The molecule has 3 atom stereocenters. The Morgan fingerprint density at radius 3 is 2.26 bits per heavy atom. The molecule has 1 fully saturated rings. The number of nitrogens with zero attached hydrogens (tertiary/aromatic N) is 2. The maximum absolute atomic E-state index is 13.9. The lowest BCUT2D eigenvalue weighted by Gasteiger charge is -2.27. The van der Waals surface area contributed by atoms with Gasteiger partial charge in [-0.05, 0) is 51.7 Å². The Morgan fingerprint density at radius 2 is 1.63 bits per heavy atom. The molecule has 186 valence electrons. The van der Waals surface area contributed by atoms with Gasteiger partial charge in [-0.25, -0.2) is 4.79 Å². The Labute approximate surface area is 210 Å². The zero-order valence-electron chi connectivity index (χ0n) is 21.6. The van der Waals surface area contributed by atoms with Gasteiger partial charge in [0.05, 0.1) is 18.7 Å². The number of rotatable bonds is 10. The van der Waals surface area contributed by atoms with E-state index < -0.39 is 6.10 Å². The average Bonchev–Trinajstić information content (AvgIpc) is 3.08. The summed E-state index contributed by atoms with van der Waals surface area (Å²) in [4.78, 5) is 30.1. The summed E-state index contributed by atoms with van der Waals surface area (Å²) in [7, 11) is 1.75. The van der Waals surface area contributed by atoms with Crippen molar-refractivity contribution in [3.05, 3.63) is 95.1 Å². The number of hydrogen-bond acceptors (Lipinski definition) is 3. The van der Waals surface area contributed by atoms with Crippen LogP contribution >= 0.6 is 0 Å². The van der Waals surface area contributed by atoms with Crippen LogP contribution in [0.15, 0.2) is 84.0 Å². The molecule has 0 aliphatic carbocycles. The van der Waals surface area contributed by atoms with Gasteiger partial charge in [-0.2, -0.15) is 0 Å². The molecule has 1 heterocycles. The molecular formula is C30H38N2O3.